The molecule has 7 nitrogen and oxygen atoms in total. The number of nitro groups is 1. The van der Waals surface area contributed by atoms with E-state index >= 15 is 0 Å². The minimum absolute atomic E-state index is 0.0187. The Hall–Kier alpha value is -2.32. The topological polar surface area (TPSA) is 105 Å². The number of nitrogens with one attached hydrogen (secondary N) is 1. The Labute approximate surface area is 143 Å². The van der Waals surface area contributed by atoms with E-state index < -0.39 is 16.9 Å². The Bertz CT molecular complexity index is 730. The van der Waals surface area contributed by atoms with Gasteiger partial charge in [0.25, 0.3) is 5.69 Å². The summed E-state index contributed by atoms with van der Waals surface area (Å²) >= 11 is 1.38. The van der Waals surface area contributed by atoms with Gasteiger partial charge in [-0.05, 0) is 12.3 Å². The highest BCUT2D eigenvalue weighted by Gasteiger charge is 2.18. The van der Waals surface area contributed by atoms with Crippen LogP contribution in [0.4, 0.5) is 5.69 Å². The maximum atomic E-state index is 11.2. The van der Waals surface area contributed by atoms with Crippen LogP contribution in [-0.4, -0.2) is 27.0 Å². The maximum absolute atomic E-state index is 11.2. The van der Waals surface area contributed by atoms with Gasteiger partial charge < -0.3 is 5.11 Å². The molecule has 8 heteroatoms. The Kier molecular flexibility index (Phi) is 5.99. The summed E-state index contributed by atoms with van der Waals surface area (Å²) in [6, 6.07) is 5.68. The third-order valence-corrected chi connectivity index (χ3v) is 4.33. The van der Waals surface area contributed by atoms with Crippen LogP contribution < -0.4 is 5.32 Å². The van der Waals surface area contributed by atoms with E-state index in [4.69, 9.17) is 0 Å². The molecule has 0 aliphatic carbocycles. The van der Waals surface area contributed by atoms with Crippen molar-refractivity contribution in [1.82, 2.24) is 10.3 Å². The van der Waals surface area contributed by atoms with Gasteiger partial charge in [0.05, 0.1) is 10.6 Å². The summed E-state index contributed by atoms with van der Waals surface area (Å²) in [5.41, 5.74) is 1.42. The second-order valence-corrected chi connectivity index (χ2v) is 6.71. The second kappa shape index (κ2) is 7.98. The van der Waals surface area contributed by atoms with Crippen molar-refractivity contribution in [3.63, 3.8) is 0 Å². The van der Waals surface area contributed by atoms with Crippen LogP contribution in [0.3, 0.4) is 0 Å². The molecule has 0 bridgehead atoms. The first-order valence-corrected chi connectivity index (χ1v) is 8.40. The molecular formula is C16H19N3O4S. The highest BCUT2D eigenvalue weighted by Crippen LogP contribution is 2.26. The number of carboxylic acids is 1. The number of nitro benzene ring substituents is 1. The number of hydrogen-bond acceptors (Lipinski definition) is 6. The molecule has 0 unspecified atom stereocenters. The Balaban J connectivity index is 2.06. The first-order valence-electron chi connectivity index (χ1n) is 7.52. The molecule has 2 rings (SSSR count). The van der Waals surface area contributed by atoms with Crippen LogP contribution in [0.25, 0.3) is 10.6 Å². The quantitative estimate of drug-likeness (QED) is 0.559. The smallest absolute Gasteiger partial charge is 0.320 e. The van der Waals surface area contributed by atoms with Crippen LogP contribution in [-0.2, 0) is 11.3 Å². The fourth-order valence-electron chi connectivity index (χ4n) is 2.24. The van der Waals surface area contributed by atoms with Crippen molar-refractivity contribution >= 4 is 23.0 Å². The number of non-ortho nitro benzene ring substituents is 1. The van der Waals surface area contributed by atoms with E-state index in [1.54, 1.807) is 12.1 Å². The number of hydrogen-bond donors (Lipinski definition) is 2. The van der Waals surface area contributed by atoms with Gasteiger partial charge in [0.2, 0.25) is 0 Å². The third-order valence-electron chi connectivity index (χ3n) is 3.39. The van der Waals surface area contributed by atoms with E-state index in [0.717, 1.165) is 5.69 Å². The number of rotatable bonds is 8. The van der Waals surface area contributed by atoms with Crippen LogP contribution in [0, 0.1) is 16.0 Å². The van der Waals surface area contributed by atoms with Crippen molar-refractivity contribution in [2.75, 3.05) is 0 Å². The highest BCUT2D eigenvalue weighted by molar-refractivity contribution is 7.13. The highest BCUT2D eigenvalue weighted by atomic mass is 32.1. The SMILES string of the molecule is CC(C)C[C@H](NCc1csc(-c2cccc([N+](=O)[O-])c2)n1)C(=O)O. The average Bonchev–Trinajstić information content (AvgIpc) is 3.00. The second-order valence-electron chi connectivity index (χ2n) is 5.85. The van der Waals surface area contributed by atoms with Crippen LogP contribution in [0.5, 0.6) is 0 Å². The van der Waals surface area contributed by atoms with E-state index in [0.29, 0.717) is 23.5 Å². The van der Waals surface area contributed by atoms with E-state index in [-0.39, 0.29) is 11.6 Å². The van der Waals surface area contributed by atoms with E-state index in [1.165, 1.54) is 23.5 Å². The van der Waals surface area contributed by atoms with Gasteiger partial charge in [-0.15, -0.1) is 11.3 Å². The number of nitrogens with zero attached hydrogens (tertiary/aromatic N) is 2. The molecule has 0 saturated heterocycles. The molecule has 1 aromatic carbocycles. The molecule has 0 amide bonds. The molecule has 128 valence electrons. The number of carbonyl (C=O) groups is 1. The van der Waals surface area contributed by atoms with E-state index in [2.05, 4.69) is 10.3 Å². The fraction of sp³-hybridized carbons (Fsp3) is 0.375. The number of carboxylic acid groups (broad SMARTS) is 1. The van der Waals surface area contributed by atoms with Crippen LogP contribution >= 0.6 is 11.3 Å². The van der Waals surface area contributed by atoms with Crippen molar-refractivity contribution in [2.24, 2.45) is 5.92 Å². The maximum Gasteiger partial charge on any atom is 0.320 e. The summed E-state index contributed by atoms with van der Waals surface area (Å²) in [7, 11) is 0. The number of aliphatic carboxylic acids is 1. The van der Waals surface area contributed by atoms with E-state index in [9.17, 15) is 20.0 Å². The molecule has 2 N–H and O–H groups in total. The molecule has 24 heavy (non-hydrogen) atoms. The lowest BCUT2D eigenvalue weighted by Gasteiger charge is -2.15. The molecule has 0 radical (unpaired) electrons. The Morgan fingerprint density at radius 2 is 2.21 bits per heavy atom. The predicted octanol–water partition coefficient (Wildman–Crippen LogP) is 3.31. The number of benzene rings is 1. The Morgan fingerprint density at radius 3 is 2.83 bits per heavy atom. The first-order chi connectivity index (χ1) is 11.4. The molecule has 2 aromatic rings. The number of thiazole rings is 1. The molecular weight excluding hydrogens is 330 g/mol. The lowest BCUT2D eigenvalue weighted by atomic mass is 10.0. The Morgan fingerprint density at radius 1 is 1.46 bits per heavy atom. The lowest BCUT2D eigenvalue weighted by molar-refractivity contribution is -0.384. The zero-order valence-electron chi connectivity index (χ0n) is 13.4. The summed E-state index contributed by atoms with van der Waals surface area (Å²) in [5.74, 6) is -0.604. The van der Waals surface area contributed by atoms with Crippen LogP contribution in [0.15, 0.2) is 29.6 Å². The van der Waals surface area contributed by atoms with Crippen molar-refractivity contribution in [3.05, 3.63) is 45.5 Å². The van der Waals surface area contributed by atoms with Gasteiger partial charge in [-0.25, -0.2) is 4.98 Å². The van der Waals surface area contributed by atoms with Crippen molar-refractivity contribution in [1.29, 1.82) is 0 Å². The van der Waals surface area contributed by atoms with Crippen molar-refractivity contribution in [2.45, 2.75) is 32.9 Å². The average molecular weight is 349 g/mol. The van der Waals surface area contributed by atoms with Gasteiger partial charge >= 0.3 is 5.97 Å². The molecule has 1 heterocycles. The standard InChI is InChI=1S/C16H19N3O4S/c1-10(2)6-14(16(20)21)17-8-12-9-24-15(18-12)11-4-3-5-13(7-11)19(22)23/h3-5,7,9-10,14,17H,6,8H2,1-2H3,(H,20,21)/t14-/m0/s1. The summed E-state index contributed by atoms with van der Waals surface area (Å²) in [6.07, 6.45) is 0.539. The zero-order chi connectivity index (χ0) is 17.7. The molecule has 0 aliphatic heterocycles. The molecule has 0 aliphatic rings. The normalized spacial score (nSPS) is 12.3. The van der Waals surface area contributed by atoms with Crippen molar-refractivity contribution in [3.8, 4) is 10.6 Å². The molecule has 0 spiro atoms. The van der Waals surface area contributed by atoms with Crippen LogP contribution in [0.2, 0.25) is 0 Å². The largest absolute Gasteiger partial charge is 0.480 e. The molecule has 0 saturated carbocycles. The van der Waals surface area contributed by atoms with Gasteiger partial charge in [-0.1, -0.05) is 26.0 Å². The third kappa shape index (κ3) is 4.84. The first kappa shape index (κ1) is 18.0. The zero-order valence-corrected chi connectivity index (χ0v) is 14.2. The van der Waals surface area contributed by atoms with Gasteiger partial charge in [-0.2, -0.15) is 0 Å². The monoisotopic (exact) mass is 349 g/mol. The summed E-state index contributed by atoms with van der Waals surface area (Å²) in [5, 5.41) is 25.6. The van der Waals surface area contributed by atoms with Gasteiger partial charge in [0.15, 0.2) is 0 Å². The molecule has 1 atom stereocenters. The minimum atomic E-state index is -0.877. The number of aromatic nitrogens is 1. The molecule has 0 fully saturated rings. The minimum Gasteiger partial charge on any atom is -0.480 e. The fourth-order valence-corrected chi connectivity index (χ4v) is 3.06. The molecule has 1 aromatic heterocycles. The van der Waals surface area contributed by atoms with Gasteiger partial charge in [0, 0.05) is 29.6 Å². The van der Waals surface area contributed by atoms with Gasteiger partial charge in [-0.3, -0.25) is 20.2 Å². The summed E-state index contributed by atoms with van der Waals surface area (Å²) < 4.78 is 0. The lowest BCUT2D eigenvalue weighted by Crippen LogP contribution is -2.37. The van der Waals surface area contributed by atoms with Crippen molar-refractivity contribution < 1.29 is 14.8 Å². The van der Waals surface area contributed by atoms with Gasteiger partial charge in [0.1, 0.15) is 11.0 Å². The summed E-state index contributed by atoms with van der Waals surface area (Å²) in [4.78, 5) is 26.1. The predicted molar refractivity (Wildman–Crippen MR) is 91.9 cm³/mol. The van der Waals surface area contributed by atoms with E-state index in [1.807, 2.05) is 19.2 Å². The van der Waals surface area contributed by atoms with Crippen LogP contribution in [0.1, 0.15) is 26.0 Å². The summed E-state index contributed by atoms with van der Waals surface area (Å²) in [6.45, 7) is 4.29.